The second-order valence-corrected chi connectivity index (χ2v) is 26.1. The third kappa shape index (κ3) is 18.4. The SMILES string of the molecule is CC(=O)N[C@H]1[C@H](O[C@H]2[C@@H](O)[C@@H](CO)O[C@@H](O[C@H]3[C@H](O)[C@H](O)[C@@H](OC[C@H]4O[C@@H](O[C@H]5[C@H](O[C@H]6O[C@H]([C@@H](O)CO)[C@@H](O)[C@H](O)[C@@H]6O[C@H]6O[C@H]([C@@H](O)CO)[C@@H](O)[C@H](O)[C@@H]6O)[C@H](O)[C@@H](O[C@H]6[C@@H]([C@H](O)CO)O[C@@](O)(C(=O)O)C[C@H]6O)O[C@@H]5[C@@H](O)CO)[C@H](O)[C@@H](O)[C@@H]4O)O[C@@H]3[C@H](O)CO)[C@@H]2O)O[C@H](CO)[C@@H](O)[C@@H]1O. The van der Waals surface area contributed by atoms with Crippen LogP contribution in [0.15, 0.2) is 0 Å². The zero-order chi connectivity index (χ0) is 77.2. The van der Waals surface area contributed by atoms with E-state index >= 15 is 0 Å². The Morgan fingerprint density at radius 2 is 0.750 bits per heavy atom. The number of ether oxygens (including phenoxy) is 15. The van der Waals surface area contributed by atoms with Gasteiger partial charge in [-0.2, -0.15) is 0 Å². The van der Waals surface area contributed by atoms with Crippen LogP contribution in [0.25, 0.3) is 0 Å². The minimum Gasteiger partial charge on any atom is -0.477 e. The van der Waals surface area contributed by atoms with Crippen LogP contribution >= 0.6 is 0 Å². The topological polar surface area (TPSA) is 792 Å². The molecule has 8 rings (SSSR count). The maximum atomic E-state index is 12.5. The molecular formula is C56H95NO47. The van der Waals surface area contributed by atoms with Crippen LogP contribution < -0.4 is 5.32 Å². The molecule has 8 saturated heterocycles. The van der Waals surface area contributed by atoms with E-state index in [1.165, 1.54) is 0 Å². The molecule has 0 spiro atoms. The summed E-state index contributed by atoms with van der Waals surface area (Å²) < 4.78 is 86.2. The number of hydrogen-bond donors (Lipinski definition) is 31. The van der Waals surface area contributed by atoms with Crippen LogP contribution in [-0.4, -0.2) is 487 Å². The maximum Gasteiger partial charge on any atom is 0.364 e. The smallest absolute Gasteiger partial charge is 0.364 e. The van der Waals surface area contributed by atoms with Crippen molar-refractivity contribution in [2.75, 3.05) is 52.9 Å². The van der Waals surface area contributed by atoms with Gasteiger partial charge in [0.25, 0.3) is 5.79 Å². The lowest BCUT2D eigenvalue weighted by Gasteiger charge is -2.52. The molecule has 44 atom stereocenters. The van der Waals surface area contributed by atoms with Gasteiger partial charge in [-0.1, -0.05) is 0 Å². The van der Waals surface area contributed by atoms with Crippen LogP contribution in [0.3, 0.4) is 0 Å². The van der Waals surface area contributed by atoms with E-state index in [1.54, 1.807) is 0 Å². The molecule has 104 heavy (non-hydrogen) atoms. The van der Waals surface area contributed by atoms with E-state index < -0.39 is 341 Å². The fraction of sp³-hybridized carbons (Fsp3) is 0.964. The molecule has 0 aromatic rings. The van der Waals surface area contributed by atoms with Gasteiger partial charge >= 0.3 is 5.97 Å². The highest BCUT2D eigenvalue weighted by Gasteiger charge is 2.62. The summed E-state index contributed by atoms with van der Waals surface area (Å²) in [4.78, 5) is 24.3. The Balaban J connectivity index is 1.09. The van der Waals surface area contributed by atoms with E-state index in [0.29, 0.717) is 0 Å². The van der Waals surface area contributed by atoms with Gasteiger partial charge in [-0.3, -0.25) is 4.79 Å². The summed E-state index contributed by atoms with van der Waals surface area (Å²) in [6.45, 7) is -8.69. The van der Waals surface area contributed by atoms with Crippen LogP contribution in [0, 0.1) is 0 Å². The van der Waals surface area contributed by atoms with Gasteiger partial charge in [-0.15, -0.1) is 0 Å². The van der Waals surface area contributed by atoms with Crippen LogP contribution in [0.4, 0.5) is 0 Å². The van der Waals surface area contributed by atoms with Gasteiger partial charge in [0.05, 0.1) is 59.0 Å². The Kier molecular flexibility index (Phi) is 30.9. The molecule has 8 fully saturated rings. The van der Waals surface area contributed by atoms with Crippen molar-refractivity contribution in [3.05, 3.63) is 0 Å². The fourth-order valence-electron chi connectivity index (χ4n) is 13.1. The van der Waals surface area contributed by atoms with Gasteiger partial charge in [-0.25, -0.2) is 4.79 Å². The molecule has 0 aromatic heterocycles. The van der Waals surface area contributed by atoms with Gasteiger partial charge in [0.2, 0.25) is 5.91 Å². The molecule has 0 aromatic carbocycles. The van der Waals surface area contributed by atoms with Gasteiger partial charge in [0, 0.05) is 13.3 Å². The average molecular weight is 1530 g/mol. The Hall–Kier alpha value is -2.82. The first kappa shape index (κ1) is 86.8. The summed E-state index contributed by atoms with van der Waals surface area (Å²) >= 11 is 0. The number of amides is 1. The highest BCUT2D eigenvalue weighted by molar-refractivity contribution is 5.75. The zero-order valence-electron chi connectivity index (χ0n) is 54.5. The molecule has 48 nitrogen and oxygen atoms in total. The van der Waals surface area contributed by atoms with Crippen molar-refractivity contribution >= 4 is 11.9 Å². The number of aliphatic carboxylic acids is 1. The summed E-state index contributed by atoms with van der Waals surface area (Å²) in [5.74, 6) is -6.28. The van der Waals surface area contributed by atoms with Gasteiger partial charge in [0.1, 0.15) is 214 Å². The molecular weight excluding hydrogens is 1440 g/mol. The monoisotopic (exact) mass is 1530 g/mol. The molecule has 0 radical (unpaired) electrons. The number of hydrogen-bond acceptors (Lipinski definition) is 46. The normalized spacial score (nSPS) is 49.1. The summed E-state index contributed by atoms with van der Waals surface area (Å²) in [6.07, 6.45) is -96.9. The number of carbonyl (C=O) groups excluding carboxylic acids is 1. The molecule has 0 aliphatic carbocycles. The minimum atomic E-state index is -3.32. The van der Waals surface area contributed by atoms with E-state index in [9.17, 15) is 163 Å². The second-order valence-electron chi connectivity index (χ2n) is 26.1. The Morgan fingerprint density at radius 1 is 0.375 bits per heavy atom. The van der Waals surface area contributed by atoms with Crippen molar-refractivity contribution in [1.82, 2.24) is 5.32 Å². The lowest BCUT2D eigenvalue weighted by molar-refractivity contribution is -0.415. The van der Waals surface area contributed by atoms with E-state index in [1.807, 2.05) is 0 Å². The first-order chi connectivity index (χ1) is 49.0. The second kappa shape index (κ2) is 37.0. The molecule has 0 bridgehead atoms. The third-order valence-electron chi connectivity index (χ3n) is 18.9. The number of aliphatic hydroxyl groups is 29. The maximum absolute atomic E-state index is 12.5. The summed E-state index contributed by atoms with van der Waals surface area (Å²) in [7, 11) is 0. The summed E-state index contributed by atoms with van der Waals surface area (Å²) in [5, 5.41) is 330. The molecule has 0 saturated carbocycles. The van der Waals surface area contributed by atoms with Gasteiger partial charge in [0.15, 0.2) is 44.0 Å². The third-order valence-corrected chi connectivity index (χ3v) is 18.9. The fourth-order valence-corrected chi connectivity index (χ4v) is 13.1. The molecule has 0 unspecified atom stereocenters. The van der Waals surface area contributed by atoms with E-state index in [0.717, 1.165) is 6.92 Å². The molecule has 1 amide bonds. The number of carbonyl (C=O) groups is 2. The number of carboxylic acids is 1. The molecule has 606 valence electrons. The largest absolute Gasteiger partial charge is 0.477 e. The van der Waals surface area contributed by atoms with Crippen molar-refractivity contribution in [1.29, 1.82) is 0 Å². The van der Waals surface area contributed by atoms with Gasteiger partial charge in [-0.05, 0) is 0 Å². The molecule has 8 aliphatic rings. The lowest BCUT2D eigenvalue weighted by Crippen LogP contribution is -2.70. The van der Waals surface area contributed by atoms with Crippen molar-refractivity contribution in [3.8, 4) is 0 Å². The van der Waals surface area contributed by atoms with Crippen LogP contribution in [0.5, 0.6) is 0 Å². The van der Waals surface area contributed by atoms with E-state index in [4.69, 9.17) is 71.1 Å². The highest BCUT2D eigenvalue weighted by atomic mass is 16.8. The molecule has 8 aliphatic heterocycles. The predicted octanol–water partition coefficient (Wildman–Crippen LogP) is -21.0. The summed E-state index contributed by atoms with van der Waals surface area (Å²) in [5.41, 5.74) is 0. The minimum absolute atomic E-state index is 0.814. The standard InChI is InChI=1S/C56H95NO47/c1-11(65)57-21-25(75)22(72)18(8-63)91-48(21)99-43-24(74)19(9-64)92-52(35(43)85)100-44-31(81)34(84)49(96-40(44)15(69)5-60)90-10-20-23(73)26(76)32(82)50(93-20)103-47-41(16(70)6-61)98-53(97-39-12(66)2-56(89,55(87)88)104-42(39)17(71)7-62)36(86)45(47)101-54-46(30(80)29(79)38(95-54)14(68)4-59)102-51-33(83)27(77)28(78)37(94-51)13(67)3-58/h12-54,58-64,66-86,89H,2-10H2,1H3,(H,57,65)(H,87,88)/t12-,13+,14+,15-,16+,17-,18-,19-,20-,21-,22-,23-,24+,25-,26+,27+,28+,29+,30+,31-,32-,33+,34+,35-,36+,37-,38-,39-,40-,41-,42-,43+,44+,45-,46+,47-,48+,49+,50+,51-,52+,53+,54-,56-/m1/s1. The Bertz CT molecular complexity index is 2660. The van der Waals surface area contributed by atoms with Crippen LogP contribution in [-0.2, 0) is 80.6 Å². The number of rotatable bonds is 29. The lowest BCUT2D eigenvalue weighted by atomic mass is 9.91. The van der Waals surface area contributed by atoms with E-state index in [2.05, 4.69) is 5.32 Å². The molecule has 8 heterocycles. The van der Waals surface area contributed by atoms with Crippen molar-refractivity contribution in [3.63, 3.8) is 0 Å². The number of nitrogens with one attached hydrogen (secondary N) is 1. The predicted molar refractivity (Wildman–Crippen MR) is 311 cm³/mol. The Labute approximate surface area is 585 Å². The molecule has 31 N–H and O–H groups in total. The van der Waals surface area contributed by atoms with Crippen molar-refractivity contribution in [2.45, 2.75) is 283 Å². The zero-order valence-corrected chi connectivity index (χ0v) is 54.5. The Morgan fingerprint density at radius 3 is 1.31 bits per heavy atom. The van der Waals surface area contributed by atoms with Crippen molar-refractivity contribution < 1.29 is 234 Å². The van der Waals surface area contributed by atoms with Gasteiger partial charge < -0.3 is 230 Å². The first-order valence-corrected chi connectivity index (χ1v) is 32.6. The van der Waals surface area contributed by atoms with Crippen LogP contribution in [0.2, 0.25) is 0 Å². The number of carboxylic acid groups (broad SMARTS) is 1. The van der Waals surface area contributed by atoms with Crippen LogP contribution in [0.1, 0.15) is 13.3 Å². The van der Waals surface area contributed by atoms with E-state index in [-0.39, 0.29) is 0 Å². The molecule has 48 heteroatoms. The highest BCUT2D eigenvalue weighted by Crippen LogP contribution is 2.41. The quantitative estimate of drug-likeness (QED) is 0.0331. The van der Waals surface area contributed by atoms with Crippen molar-refractivity contribution in [2.24, 2.45) is 0 Å². The average Bonchev–Trinajstić information content (AvgIpc) is 0.763. The summed E-state index contributed by atoms with van der Waals surface area (Å²) in [6, 6.07) is -1.67. The number of aliphatic hydroxyl groups excluding tert-OH is 28. The first-order valence-electron chi connectivity index (χ1n) is 32.6.